The van der Waals surface area contributed by atoms with Gasteiger partial charge in [0.05, 0.1) is 0 Å². The molecular formula is C18H28N2O. The Hall–Kier alpha value is -1.35. The quantitative estimate of drug-likeness (QED) is 0.809. The van der Waals surface area contributed by atoms with Crippen LogP contribution in [0.1, 0.15) is 62.8 Å². The Morgan fingerprint density at radius 2 is 2.00 bits per heavy atom. The number of fused-ring (bicyclic) bond motifs is 1. The van der Waals surface area contributed by atoms with Gasteiger partial charge in [-0.1, -0.05) is 25.1 Å². The van der Waals surface area contributed by atoms with E-state index in [0.717, 1.165) is 13.0 Å². The number of benzene rings is 1. The number of aryl methyl sites for hydroxylation is 2. The zero-order valence-electron chi connectivity index (χ0n) is 13.5. The SMILES string of the molecule is CCC(C)NC(=O)CCNC(C)c1ccc2c(c1)CCC2. The van der Waals surface area contributed by atoms with E-state index in [1.807, 2.05) is 6.92 Å². The van der Waals surface area contributed by atoms with E-state index in [0.29, 0.717) is 12.5 Å². The van der Waals surface area contributed by atoms with Gasteiger partial charge < -0.3 is 10.6 Å². The predicted molar refractivity (Wildman–Crippen MR) is 87.4 cm³/mol. The van der Waals surface area contributed by atoms with Crippen LogP contribution in [0.2, 0.25) is 0 Å². The Balaban J connectivity index is 1.77. The summed E-state index contributed by atoms with van der Waals surface area (Å²) in [5, 5.41) is 6.45. The van der Waals surface area contributed by atoms with Crippen LogP contribution in [0, 0.1) is 0 Å². The van der Waals surface area contributed by atoms with E-state index in [2.05, 4.69) is 42.7 Å². The van der Waals surface area contributed by atoms with Crippen LogP contribution in [0.4, 0.5) is 0 Å². The average molecular weight is 288 g/mol. The first-order chi connectivity index (χ1) is 10.1. The van der Waals surface area contributed by atoms with Crippen molar-refractivity contribution in [2.45, 2.75) is 65.0 Å². The first-order valence-corrected chi connectivity index (χ1v) is 8.24. The fourth-order valence-corrected chi connectivity index (χ4v) is 2.83. The number of nitrogens with one attached hydrogen (secondary N) is 2. The molecule has 0 fully saturated rings. The standard InChI is InChI=1S/C18H28N2O/c1-4-13(2)20-18(21)10-11-19-14(3)16-9-8-15-6-5-7-17(15)12-16/h8-9,12-14,19H,4-7,10-11H2,1-3H3,(H,20,21). The second-order valence-corrected chi connectivity index (χ2v) is 6.18. The molecule has 3 heteroatoms. The van der Waals surface area contributed by atoms with Crippen LogP contribution in [-0.2, 0) is 17.6 Å². The molecule has 2 N–H and O–H groups in total. The molecule has 0 aromatic heterocycles. The molecule has 2 atom stereocenters. The van der Waals surface area contributed by atoms with Gasteiger partial charge in [-0.25, -0.2) is 0 Å². The second-order valence-electron chi connectivity index (χ2n) is 6.18. The lowest BCUT2D eigenvalue weighted by molar-refractivity contribution is -0.121. The molecule has 3 nitrogen and oxygen atoms in total. The minimum Gasteiger partial charge on any atom is -0.354 e. The summed E-state index contributed by atoms with van der Waals surface area (Å²) in [7, 11) is 0. The summed E-state index contributed by atoms with van der Waals surface area (Å²) < 4.78 is 0. The van der Waals surface area contributed by atoms with Crippen molar-refractivity contribution < 1.29 is 4.79 Å². The summed E-state index contributed by atoms with van der Waals surface area (Å²) in [6, 6.07) is 7.39. The van der Waals surface area contributed by atoms with Crippen molar-refractivity contribution in [3.8, 4) is 0 Å². The first kappa shape index (κ1) is 16.0. The summed E-state index contributed by atoms with van der Waals surface area (Å²) in [6.45, 7) is 7.02. The third-order valence-corrected chi connectivity index (χ3v) is 4.44. The Morgan fingerprint density at radius 3 is 2.76 bits per heavy atom. The lowest BCUT2D eigenvalue weighted by Gasteiger charge is -2.16. The molecule has 0 spiro atoms. The number of amides is 1. The maximum atomic E-state index is 11.7. The van der Waals surface area contributed by atoms with Gasteiger partial charge in [0.1, 0.15) is 0 Å². The van der Waals surface area contributed by atoms with Crippen LogP contribution >= 0.6 is 0 Å². The van der Waals surface area contributed by atoms with Crippen molar-refractivity contribution in [3.63, 3.8) is 0 Å². The molecule has 116 valence electrons. The topological polar surface area (TPSA) is 41.1 Å². The van der Waals surface area contributed by atoms with E-state index in [1.54, 1.807) is 0 Å². The third kappa shape index (κ3) is 4.57. The lowest BCUT2D eigenvalue weighted by atomic mass is 10.0. The first-order valence-electron chi connectivity index (χ1n) is 8.24. The largest absolute Gasteiger partial charge is 0.354 e. The van der Waals surface area contributed by atoms with Crippen molar-refractivity contribution in [3.05, 3.63) is 34.9 Å². The summed E-state index contributed by atoms with van der Waals surface area (Å²) in [5.41, 5.74) is 4.35. The molecule has 1 aromatic rings. The highest BCUT2D eigenvalue weighted by molar-refractivity contribution is 5.76. The molecule has 1 amide bonds. The summed E-state index contributed by atoms with van der Waals surface area (Å²) in [4.78, 5) is 11.7. The molecule has 2 unspecified atom stereocenters. The van der Waals surface area contributed by atoms with Gasteiger partial charge in [0.2, 0.25) is 5.91 Å². The molecule has 2 rings (SSSR count). The highest BCUT2D eigenvalue weighted by Gasteiger charge is 2.13. The molecular weight excluding hydrogens is 260 g/mol. The minimum absolute atomic E-state index is 0.137. The van der Waals surface area contributed by atoms with E-state index in [1.165, 1.54) is 36.0 Å². The molecule has 1 aromatic carbocycles. The van der Waals surface area contributed by atoms with Crippen LogP contribution in [-0.4, -0.2) is 18.5 Å². The van der Waals surface area contributed by atoms with E-state index < -0.39 is 0 Å². The highest BCUT2D eigenvalue weighted by atomic mass is 16.1. The average Bonchev–Trinajstić information content (AvgIpc) is 2.94. The third-order valence-electron chi connectivity index (χ3n) is 4.44. The second kappa shape index (κ2) is 7.60. The molecule has 1 aliphatic rings. The molecule has 0 radical (unpaired) electrons. The van der Waals surface area contributed by atoms with Crippen LogP contribution in [0.25, 0.3) is 0 Å². The van der Waals surface area contributed by atoms with E-state index in [4.69, 9.17) is 0 Å². The van der Waals surface area contributed by atoms with Gasteiger partial charge in [0, 0.05) is 25.0 Å². The van der Waals surface area contributed by atoms with Crippen molar-refractivity contribution in [2.75, 3.05) is 6.54 Å². The van der Waals surface area contributed by atoms with Crippen LogP contribution in [0.5, 0.6) is 0 Å². The number of carbonyl (C=O) groups is 1. The van der Waals surface area contributed by atoms with Gasteiger partial charge in [-0.2, -0.15) is 0 Å². The number of rotatable bonds is 7. The van der Waals surface area contributed by atoms with Gasteiger partial charge in [0.25, 0.3) is 0 Å². The molecule has 0 saturated heterocycles. The molecule has 21 heavy (non-hydrogen) atoms. The van der Waals surface area contributed by atoms with Crippen LogP contribution < -0.4 is 10.6 Å². The Kier molecular flexibility index (Phi) is 5.80. The fourth-order valence-electron chi connectivity index (χ4n) is 2.83. The van der Waals surface area contributed by atoms with Crippen LogP contribution in [0.3, 0.4) is 0 Å². The maximum Gasteiger partial charge on any atom is 0.221 e. The summed E-state index contributed by atoms with van der Waals surface area (Å²) >= 11 is 0. The van der Waals surface area contributed by atoms with Gasteiger partial charge in [-0.3, -0.25) is 4.79 Å². The Labute approximate surface area is 128 Å². The van der Waals surface area contributed by atoms with E-state index >= 15 is 0 Å². The lowest BCUT2D eigenvalue weighted by Crippen LogP contribution is -2.34. The van der Waals surface area contributed by atoms with E-state index in [-0.39, 0.29) is 11.9 Å². The highest BCUT2D eigenvalue weighted by Crippen LogP contribution is 2.25. The molecule has 1 aliphatic carbocycles. The zero-order chi connectivity index (χ0) is 15.2. The van der Waals surface area contributed by atoms with Gasteiger partial charge in [-0.05, 0) is 56.2 Å². The Bertz CT molecular complexity index is 484. The summed E-state index contributed by atoms with van der Waals surface area (Å²) in [6.07, 6.45) is 5.25. The number of hydrogen-bond donors (Lipinski definition) is 2. The summed E-state index contributed by atoms with van der Waals surface area (Å²) in [5.74, 6) is 0.137. The monoisotopic (exact) mass is 288 g/mol. The maximum absolute atomic E-state index is 11.7. The molecule has 0 saturated carbocycles. The number of hydrogen-bond acceptors (Lipinski definition) is 2. The number of carbonyl (C=O) groups excluding carboxylic acids is 1. The molecule has 0 bridgehead atoms. The van der Waals surface area contributed by atoms with Gasteiger partial charge in [0.15, 0.2) is 0 Å². The predicted octanol–water partition coefficient (Wildman–Crippen LogP) is 3.13. The van der Waals surface area contributed by atoms with Gasteiger partial charge in [-0.15, -0.1) is 0 Å². The van der Waals surface area contributed by atoms with Crippen LogP contribution in [0.15, 0.2) is 18.2 Å². The normalized spacial score (nSPS) is 16.3. The smallest absolute Gasteiger partial charge is 0.221 e. The van der Waals surface area contributed by atoms with Crippen molar-refractivity contribution in [1.29, 1.82) is 0 Å². The zero-order valence-corrected chi connectivity index (χ0v) is 13.5. The van der Waals surface area contributed by atoms with Crippen molar-refractivity contribution in [2.24, 2.45) is 0 Å². The molecule has 0 heterocycles. The van der Waals surface area contributed by atoms with Crippen molar-refractivity contribution >= 4 is 5.91 Å². The van der Waals surface area contributed by atoms with E-state index in [9.17, 15) is 4.79 Å². The van der Waals surface area contributed by atoms with Crippen molar-refractivity contribution in [1.82, 2.24) is 10.6 Å². The fraction of sp³-hybridized carbons (Fsp3) is 0.611. The Morgan fingerprint density at radius 1 is 1.24 bits per heavy atom. The van der Waals surface area contributed by atoms with Gasteiger partial charge >= 0.3 is 0 Å². The molecule has 0 aliphatic heterocycles. The minimum atomic E-state index is 0.137.